The van der Waals surface area contributed by atoms with Gasteiger partial charge in [0.15, 0.2) is 0 Å². The highest BCUT2D eigenvalue weighted by Gasteiger charge is 2.19. The van der Waals surface area contributed by atoms with Gasteiger partial charge in [-0.1, -0.05) is 18.2 Å². The van der Waals surface area contributed by atoms with E-state index in [0.717, 1.165) is 6.07 Å². The Balaban J connectivity index is 2.44. The summed E-state index contributed by atoms with van der Waals surface area (Å²) in [6, 6.07) is 10.3. The predicted molar refractivity (Wildman–Crippen MR) is 72.8 cm³/mol. The zero-order chi connectivity index (χ0) is 14.0. The van der Waals surface area contributed by atoms with Gasteiger partial charge in [-0.15, -0.1) is 0 Å². The highest BCUT2D eigenvalue weighted by atomic mass is 32.2. The minimum Gasteiger partial charge on any atom is -0.397 e. The quantitative estimate of drug-likeness (QED) is 0.848. The molecule has 0 bridgehead atoms. The third kappa shape index (κ3) is 2.85. The summed E-state index contributed by atoms with van der Waals surface area (Å²) in [6.45, 7) is 1.69. The number of anilines is 2. The minimum absolute atomic E-state index is 0.225. The lowest BCUT2D eigenvalue weighted by Gasteiger charge is -2.11. The number of hydrogen-bond acceptors (Lipinski definition) is 3. The lowest BCUT2D eigenvalue weighted by atomic mass is 10.2. The number of rotatable bonds is 3. The van der Waals surface area contributed by atoms with Gasteiger partial charge < -0.3 is 5.73 Å². The first-order chi connectivity index (χ1) is 8.90. The van der Waals surface area contributed by atoms with Crippen LogP contribution < -0.4 is 10.5 Å². The SMILES string of the molecule is Cc1ccc(F)c(S(=O)(=O)Nc2ccccc2N)c1. The van der Waals surface area contributed by atoms with Crippen molar-refractivity contribution < 1.29 is 12.8 Å². The van der Waals surface area contributed by atoms with Crippen LogP contribution in [0.1, 0.15) is 5.56 Å². The van der Waals surface area contributed by atoms with E-state index >= 15 is 0 Å². The lowest BCUT2D eigenvalue weighted by Crippen LogP contribution is -2.15. The topological polar surface area (TPSA) is 72.2 Å². The van der Waals surface area contributed by atoms with E-state index < -0.39 is 20.7 Å². The summed E-state index contributed by atoms with van der Waals surface area (Å²) < 4.78 is 40.1. The molecule has 19 heavy (non-hydrogen) atoms. The Morgan fingerprint density at radius 1 is 1.16 bits per heavy atom. The fourth-order valence-corrected chi connectivity index (χ4v) is 2.86. The fourth-order valence-electron chi connectivity index (χ4n) is 1.61. The van der Waals surface area contributed by atoms with Gasteiger partial charge in [0.1, 0.15) is 10.7 Å². The number of aryl methyl sites for hydroxylation is 1. The molecule has 3 N–H and O–H groups in total. The second kappa shape index (κ2) is 4.89. The van der Waals surface area contributed by atoms with Crippen molar-refractivity contribution in [3.63, 3.8) is 0 Å². The van der Waals surface area contributed by atoms with Crippen LogP contribution in [-0.2, 0) is 10.0 Å². The Morgan fingerprint density at radius 2 is 1.84 bits per heavy atom. The number of benzene rings is 2. The van der Waals surface area contributed by atoms with Crippen molar-refractivity contribution in [3.05, 3.63) is 53.8 Å². The summed E-state index contributed by atoms with van der Waals surface area (Å²) in [5.74, 6) is -0.799. The molecule has 2 aromatic rings. The van der Waals surface area contributed by atoms with Crippen LogP contribution in [0.15, 0.2) is 47.4 Å². The zero-order valence-electron chi connectivity index (χ0n) is 10.2. The molecule has 0 atom stereocenters. The molecule has 0 heterocycles. The van der Waals surface area contributed by atoms with Crippen LogP contribution in [0.25, 0.3) is 0 Å². The van der Waals surface area contributed by atoms with E-state index in [1.54, 1.807) is 25.1 Å². The molecule has 100 valence electrons. The standard InChI is InChI=1S/C13H13FN2O2S/c1-9-6-7-10(14)13(8-9)19(17,18)16-12-5-3-2-4-11(12)15/h2-8,16H,15H2,1H3. The third-order valence-electron chi connectivity index (χ3n) is 2.58. The molecule has 0 radical (unpaired) electrons. The molecule has 0 spiro atoms. The van der Waals surface area contributed by atoms with Gasteiger partial charge >= 0.3 is 0 Å². The second-order valence-electron chi connectivity index (χ2n) is 4.13. The average molecular weight is 280 g/mol. The van der Waals surface area contributed by atoms with Crippen LogP contribution in [0.5, 0.6) is 0 Å². The van der Waals surface area contributed by atoms with Crippen LogP contribution in [-0.4, -0.2) is 8.42 Å². The van der Waals surface area contributed by atoms with Crippen molar-refractivity contribution in [2.45, 2.75) is 11.8 Å². The van der Waals surface area contributed by atoms with Crippen LogP contribution >= 0.6 is 0 Å². The number of nitrogens with two attached hydrogens (primary N) is 1. The number of para-hydroxylation sites is 2. The molecule has 0 saturated heterocycles. The Kier molecular flexibility index (Phi) is 3.44. The minimum atomic E-state index is -3.99. The van der Waals surface area contributed by atoms with E-state index in [2.05, 4.69) is 4.72 Å². The van der Waals surface area contributed by atoms with Gasteiger partial charge in [0.05, 0.1) is 11.4 Å². The summed E-state index contributed by atoms with van der Waals surface area (Å²) in [4.78, 5) is -0.393. The zero-order valence-corrected chi connectivity index (χ0v) is 11.0. The maximum atomic E-state index is 13.6. The molecule has 0 amide bonds. The largest absolute Gasteiger partial charge is 0.397 e. The van der Waals surface area contributed by atoms with Gasteiger partial charge in [-0.2, -0.15) is 0 Å². The molecule has 0 fully saturated rings. The van der Waals surface area contributed by atoms with Gasteiger partial charge in [0.25, 0.3) is 10.0 Å². The molecular weight excluding hydrogens is 267 g/mol. The Labute approximate surface area is 111 Å². The van der Waals surface area contributed by atoms with Gasteiger partial charge in [-0.25, -0.2) is 12.8 Å². The van der Waals surface area contributed by atoms with Crippen molar-refractivity contribution >= 4 is 21.4 Å². The van der Waals surface area contributed by atoms with Gasteiger partial charge in [-0.3, -0.25) is 4.72 Å². The monoisotopic (exact) mass is 280 g/mol. The lowest BCUT2D eigenvalue weighted by molar-refractivity contribution is 0.570. The van der Waals surface area contributed by atoms with Crippen LogP contribution in [0.3, 0.4) is 0 Å². The van der Waals surface area contributed by atoms with Gasteiger partial charge in [0.2, 0.25) is 0 Å². The summed E-state index contributed by atoms with van der Waals surface area (Å²) in [5, 5.41) is 0. The highest BCUT2D eigenvalue weighted by molar-refractivity contribution is 7.92. The van der Waals surface area contributed by atoms with Crippen LogP contribution in [0.4, 0.5) is 15.8 Å². The molecular formula is C13H13FN2O2S. The summed E-state index contributed by atoms with van der Waals surface area (Å²) >= 11 is 0. The summed E-state index contributed by atoms with van der Waals surface area (Å²) in [5.41, 5.74) is 6.81. The first-order valence-electron chi connectivity index (χ1n) is 5.53. The second-order valence-corrected chi connectivity index (χ2v) is 5.78. The number of hydrogen-bond donors (Lipinski definition) is 2. The molecule has 0 aliphatic heterocycles. The van der Waals surface area contributed by atoms with E-state index in [-0.39, 0.29) is 11.4 Å². The molecule has 2 rings (SSSR count). The van der Waals surface area contributed by atoms with Gasteiger partial charge in [-0.05, 0) is 36.8 Å². The third-order valence-corrected chi connectivity index (χ3v) is 3.96. The molecule has 0 aliphatic rings. The van der Waals surface area contributed by atoms with E-state index in [4.69, 9.17) is 5.73 Å². The van der Waals surface area contributed by atoms with Crippen molar-refractivity contribution in [1.82, 2.24) is 0 Å². The highest BCUT2D eigenvalue weighted by Crippen LogP contribution is 2.23. The molecule has 4 nitrogen and oxygen atoms in total. The van der Waals surface area contributed by atoms with Crippen molar-refractivity contribution in [3.8, 4) is 0 Å². The predicted octanol–water partition coefficient (Wildman–Crippen LogP) is 2.52. The number of sulfonamides is 1. The number of halogens is 1. The molecule has 0 aromatic heterocycles. The first-order valence-corrected chi connectivity index (χ1v) is 7.02. The maximum absolute atomic E-state index is 13.6. The normalized spacial score (nSPS) is 11.3. The summed E-state index contributed by atoms with van der Waals surface area (Å²) in [6.07, 6.45) is 0. The van der Waals surface area contributed by atoms with Crippen LogP contribution in [0.2, 0.25) is 0 Å². The van der Waals surface area contributed by atoms with Crippen molar-refractivity contribution in [2.75, 3.05) is 10.5 Å². The average Bonchev–Trinajstić information content (AvgIpc) is 2.35. The van der Waals surface area contributed by atoms with E-state index in [1.807, 2.05) is 0 Å². The smallest absolute Gasteiger partial charge is 0.264 e. The number of nitrogen functional groups attached to an aromatic ring is 1. The van der Waals surface area contributed by atoms with E-state index in [1.165, 1.54) is 18.2 Å². The van der Waals surface area contributed by atoms with Crippen molar-refractivity contribution in [2.24, 2.45) is 0 Å². The van der Waals surface area contributed by atoms with Crippen molar-refractivity contribution in [1.29, 1.82) is 0 Å². The molecule has 0 saturated carbocycles. The van der Waals surface area contributed by atoms with E-state index in [9.17, 15) is 12.8 Å². The maximum Gasteiger partial charge on any atom is 0.264 e. The van der Waals surface area contributed by atoms with E-state index in [0.29, 0.717) is 5.56 Å². The molecule has 2 aromatic carbocycles. The van der Waals surface area contributed by atoms with Gasteiger partial charge in [0, 0.05) is 0 Å². The molecule has 0 aliphatic carbocycles. The number of nitrogens with one attached hydrogen (secondary N) is 1. The molecule has 0 unspecified atom stereocenters. The van der Waals surface area contributed by atoms with Crippen LogP contribution in [0, 0.1) is 12.7 Å². The first kappa shape index (κ1) is 13.4. The fraction of sp³-hybridized carbons (Fsp3) is 0.0769. The summed E-state index contributed by atoms with van der Waals surface area (Å²) in [7, 11) is -3.99. The Bertz CT molecular complexity index is 714. The Morgan fingerprint density at radius 3 is 2.53 bits per heavy atom. The molecule has 6 heteroatoms. The Hall–Kier alpha value is -2.08.